The average molecular weight is 279 g/mol. The molecular weight excluding hydrogens is 268 g/mol. The van der Waals surface area contributed by atoms with E-state index in [9.17, 15) is 0 Å². The molecule has 0 N–H and O–H groups in total. The van der Waals surface area contributed by atoms with Crippen LogP contribution in [0.2, 0.25) is 5.28 Å². The lowest BCUT2D eigenvalue weighted by Crippen LogP contribution is -2.44. The van der Waals surface area contributed by atoms with Gasteiger partial charge < -0.3 is 9.64 Å². The molecule has 0 amide bonds. The number of hydrogen-bond donors (Lipinski definition) is 0. The minimum Gasteiger partial charge on any atom is -0.377 e. The highest BCUT2D eigenvalue weighted by Gasteiger charge is 2.37. The molecule has 1 fully saturated rings. The molecule has 7 nitrogen and oxygen atoms in total. The normalized spacial score (nSPS) is 20.7. The minimum atomic E-state index is 0.0356. The summed E-state index contributed by atoms with van der Waals surface area (Å²) in [4.78, 5) is 10.6. The van der Waals surface area contributed by atoms with Gasteiger partial charge in [-0.05, 0) is 18.5 Å². The van der Waals surface area contributed by atoms with Crippen LogP contribution in [0, 0.1) is 6.92 Å². The van der Waals surface area contributed by atoms with Crippen molar-refractivity contribution in [3.63, 3.8) is 0 Å². The van der Waals surface area contributed by atoms with Gasteiger partial charge in [0.1, 0.15) is 17.6 Å². The summed E-state index contributed by atoms with van der Waals surface area (Å²) in [5.74, 6) is 2.51. The topological polar surface area (TPSA) is 69.0 Å². The predicted octanol–water partition coefficient (Wildman–Crippen LogP) is 0.910. The molecule has 4 heterocycles. The predicted molar refractivity (Wildman–Crippen MR) is 67.6 cm³/mol. The summed E-state index contributed by atoms with van der Waals surface area (Å²) in [5.41, 5.74) is 0.875. The number of aryl methyl sites for hydroxylation is 1. The molecule has 2 aliphatic heterocycles. The summed E-state index contributed by atoms with van der Waals surface area (Å²) >= 11 is 5.93. The fraction of sp³-hybridized carbons (Fsp3) is 0.455. The van der Waals surface area contributed by atoms with Crippen molar-refractivity contribution < 1.29 is 4.74 Å². The summed E-state index contributed by atoms with van der Waals surface area (Å²) in [7, 11) is 0. The van der Waals surface area contributed by atoms with Gasteiger partial charge in [0.15, 0.2) is 11.6 Å². The van der Waals surface area contributed by atoms with E-state index >= 15 is 0 Å². The Hall–Kier alpha value is -1.73. The van der Waals surface area contributed by atoms with Gasteiger partial charge in [0.05, 0.1) is 19.4 Å². The molecule has 2 aromatic rings. The molecule has 2 aromatic heterocycles. The van der Waals surface area contributed by atoms with Crippen LogP contribution in [0.5, 0.6) is 0 Å². The van der Waals surface area contributed by atoms with Crippen molar-refractivity contribution in [2.24, 2.45) is 0 Å². The van der Waals surface area contributed by atoms with E-state index in [4.69, 9.17) is 16.3 Å². The zero-order valence-corrected chi connectivity index (χ0v) is 11.0. The third kappa shape index (κ3) is 1.48. The van der Waals surface area contributed by atoms with E-state index in [2.05, 4.69) is 25.1 Å². The third-order valence-electron chi connectivity index (χ3n) is 3.51. The van der Waals surface area contributed by atoms with E-state index in [-0.39, 0.29) is 11.3 Å². The maximum Gasteiger partial charge on any atom is 0.224 e. The monoisotopic (exact) mass is 278 g/mol. The van der Waals surface area contributed by atoms with E-state index in [1.807, 2.05) is 11.5 Å². The van der Waals surface area contributed by atoms with Crippen molar-refractivity contribution in [3.8, 4) is 5.69 Å². The standard InChI is InChI=1S/C11H11ClN6O/c1-6-15-16-10-8-5-19-3-2-17(8)9-7(18(6)10)4-13-11(12)14-9/h4,8H,2-3,5H2,1H3. The molecule has 4 rings (SSSR count). The number of halogens is 1. The first-order valence-electron chi connectivity index (χ1n) is 6.05. The second-order valence-corrected chi connectivity index (χ2v) is 4.91. The molecule has 1 unspecified atom stereocenters. The number of nitrogens with zero attached hydrogens (tertiary/aromatic N) is 6. The van der Waals surface area contributed by atoms with E-state index in [1.54, 1.807) is 6.20 Å². The number of anilines is 1. The quantitative estimate of drug-likeness (QED) is 0.667. The van der Waals surface area contributed by atoms with E-state index < -0.39 is 0 Å². The third-order valence-corrected chi connectivity index (χ3v) is 3.69. The number of hydrogen-bond acceptors (Lipinski definition) is 6. The van der Waals surface area contributed by atoms with Crippen molar-refractivity contribution in [2.45, 2.75) is 13.0 Å². The second kappa shape index (κ2) is 3.88. The van der Waals surface area contributed by atoms with Gasteiger partial charge in [0.25, 0.3) is 0 Å². The molecule has 2 aliphatic rings. The van der Waals surface area contributed by atoms with Crippen molar-refractivity contribution in [3.05, 3.63) is 23.1 Å². The molecule has 19 heavy (non-hydrogen) atoms. The number of fused-ring (bicyclic) bond motifs is 6. The van der Waals surface area contributed by atoms with Crippen molar-refractivity contribution >= 4 is 17.4 Å². The van der Waals surface area contributed by atoms with Crippen LogP contribution < -0.4 is 4.90 Å². The molecule has 1 atom stereocenters. The van der Waals surface area contributed by atoms with Crippen molar-refractivity contribution in [2.75, 3.05) is 24.7 Å². The van der Waals surface area contributed by atoms with Crippen LogP contribution in [0.4, 0.5) is 5.82 Å². The Labute approximate surface area is 114 Å². The summed E-state index contributed by atoms with van der Waals surface area (Å²) in [6, 6.07) is 0.0356. The second-order valence-electron chi connectivity index (χ2n) is 4.57. The Morgan fingerprint density at radius 3 is 3.21 bits per heavy atom. The highest BCUT2D eigenvalue weighted by Crippen LogP contribution is 2.38. The van der Waals surface area contributed by atoms with Gasteiger partial charge in [-0.15, -0.1) is 10.2 Å². The maximum atomic E-state index is 5.93. The van der Waals surface area contributed by atoms with Gasteiger partial charge in [0.2, 0.25) is 5.28 Å². The Morgan fingerprint density at radius 1 is 1.42 bits per heavy atom. The lowest BCUT2D eigenvalue weighted by atomic mass is 10.1. The first-order valence-corrected chi connectivity index (χ1v) is 6.42. The maximum absolute atomic E-state index is 5.93. The zero-order chi connectivity index (χ0) is 13.0. The Kier molecular flexibility index (Phi) is 2.27. The van der Waals surface area contributed by atoms with Gasteiger partial charge in [0, 0.05) is 6.54 Å². The number of ether oxygens (including phenoxy) is 1. The summed E-state index contributed by atoms with van der Waals surface area (Å²) in [6.45, 7) is 3.93. The Balaban J connectivity index is 2.00. The average Bonchev–Trinajstić information content (AvgIpc) is 2.82. The molecule has 0 aromatic carbocycles. The molecule has 0 radical (unpaired) electrons. The number of rotatable bonds is 0. The molecule has 98 valence electrons. The van der Waals surface area contributed by atoms with Crippen LogP contribution in [-0.4, -0.2) is 44.5 Å². The molecule has 0 bridgehead atoms. The van der Waals surface area contributed by atoms with Crippen LogP contribution in [0.1, 0.15) is 17.7 Å². The van der Waals surface area contributed by atoms with Crippen LogP contribution >= 0.6 is 11.6 Å². The van der Waals surface area contributed by atoms with E-state index in [1.165, 1.54) is 0 Å². The summed E-state index contributed by atoms with van der Waals surface area (Å²) in [5, 5.41) is 8.67. The largest absolute Gasteiger partial charge is 0.377 e. The summed E-state index contributed by atoms with van der Waals surface area (Å²) < 4.78 is 7.52. The SMILES string of the molecule is Cc1nnc2n1-c1cnc(Cl)nc1N1CCOCC21. The van der Waals surface area contributed by atoms with Crippen molar-refractivity contribution in [1.29, 1.82) is 0 Å². The molecule has 0 spiro atoms. The van der Waals surface area contributed by atoms with Crippen LogP contribution in [0.15, 0.2) is 6.20 Å². The van der Waals surface area contributed by atoms with Gasteiger partial charge >= 0.3 is 0 Å². The van der Waals surface area contributed by atoms with Crippen LogP contribution in [0.25, 0.3) is 5.69 Å². The fourth-order valence-corrected chi connectivity index (χ4v) is 2.81. The molecule has 1 saturated heterocycles. The fourth-order valence-electron chi connectivity index (χ4n) is 2.68. The first-order chi connectivity index (χ1) is 9.25. The lowest BCUT2D eigenvalue weighted by molar-refractivity contribution is 0.0894. The molecule has 0 aliphatic carbocycles. The Morgan fingerprint density at radius 2 is 2.32 bits per heavy atom. The minimum absolute atomic E-state index is 0.0356. The van der Waals surface area contributed by atoms with Gasteiger partial charge in [-0.3, -0.25) is 4.57 Å². The van der Waals surface area contributed by atoms with Gasteiger partial charge in [-0.2, -0.15) is 4.98 Å². The molecule has 0 saturated carbocycles. The zero-order valence-electron chi connectivity index (χ0n) is 10.2. The van der Waals surface area contributed by atoms with Crippen molar-refractivity contribution in [1.82, 2.24) is 24.7 Å². The summed E-state index contributed by atoms with van der Waals surface area (Å²) in [6.07, 6.45) is 1.72. The van der Waals surface area contributed by atoms with Gasteiger partial charge in [-0.25, -0.2) is 4.98 Å². The molecule has 8 heteroatoms. The van der Waals surface area contributed by atoms with E-state index in [0.717, 1.165) is 29.7 Å². The Bertz CT molecular complexity index is 657. The number of morpholine rings is 1. The van der Waals surface area contributed by atoms with Gasteiger partial charge in [-0.1, -0.05) is 0 Å². The highest BCUT2D eigenvalue weighted by atomic mass is 35.5. The highest BCUT2D eigenvalue weighted by molar-refractivity contribution is 6.28. The molecular formula is C11H11ClN6O. The smallest absolute Gasteiger partial charge is 0.224 e. The lowest BCUT2D eigenvalue weighted by Gasteiger charge is -2.39. The van der Waals surface area contributed by atoms with E-state index in [0.29, 0.717) is 13.2 Å². The van der Waals surface area contributed by atoms with Crippen LogP contribution in [-0.2, 0) is 4.74 Å². The number of aromatic nitrogens is 5. The first kappa shape index (κ1) is 11.1. The van der Waals surface area contributed by atoms with Crippen LogP contribution in [0.3, 0.4) is 0 Å².